The van der Waals surface area contributed by atoms with Crippen molar-refractivity contribution in [3.05, 3.63) is 50.0 Å². The zero-order valence-electron chi connectivity index (χ0n) is 12.1. The van der Waals surface area contributed by atoms with E-state index in [9.17, 15) is 14.9 Å². The fraction of sp³-hybridized carbons (Fsp3) is 0.308. The van der Waals surface area contributed by atoms with Gasteiger partial charge in [0, 0.05) is 0 Å². The second-order valence-electron chi connectivity index (χ2n) is 5.39. The Bertz CT molecular complexity index is 782. The van der Waals surface area contributed by atoms with Gasteiger partial charge in [0.2, 0.25) is 5.75 Å². The molecule has 0 bridgehead atoms. The Morgan fingerprint density at radius 1 is 1.36 bits per heavy atom. The van der Waals surface area contributed by atoms with E-state index in [4.69, 9.17) is 16.3 Å². The van der Waals surface area contributed by atoms with Crippen molar-refractivity contribution >= 4 is 17.4 Å². The van der Waals surface area contributed by atoms with E-state index >= 15 is 0 Å². The van der Waals surface area contributed by atoms with Gasteiger partial charge in [-0.05, 0) is 42.8 Å². The number of rotatable bonds is 3. The average Bonchev–Trinajstić information content (AvgIpc) is 2.43. The number of hydrogen-bond donors (Lipinski definition) is 0. The molecule has 9 heteroatoms. The van der Waals surface area contributed by atoms with Crippen molar-refractivity contribution < 1.29 is 9.66 Å². The van der Waals surface area contributed by atoms with Crippen LogP contribution in [-0.2, 0) is 5.54 Å². The Morgan fingerprint density at radius 2 is 2.05 bits per heavy atom. The summed E-state index contributed by atoms with van der Waals surface area (Å²) in [5.41, 5.74) is -1.10. The van der Waals surface area contributed by atoms with Crippen molar-refractivity contribution in [3.8, 4) is 11.5 Å². The van der Waals surface area contributed by atoms with Crippen LogP contribution in [0.2, 0.25) is 5.02 Å². The number of hydrogen-bond acceptors (Lipinski definition) is 6. The summed E-state index contributed by atoms with van der Waals surface area (Å²) in [6, 6.07) is 2.83. The zero-order valence-corrected chi connectivity index (χ0v) is 12.9. The quantitative estimate of drug-likeness (QED) is 0.635. The maximum absolute atomic E-state index is 12.2. The van der Waals surface area contributed by atoms with Crippen LogP contribution in [0.1, 0.15) is 20.8 Å². The molecular formula is C13H13ClN4O4. The number of ether oxygens (including phenoxy) is 1. The first-order chi connectivity index (χ1) is 10.2. The first-order valence-electron chi connectivity index (χ1n) is 6.27. The van der Waals surface area contributed by atoms with Gasteiger partial charge in [-0.15, -0.1) is 0 Å². The maximum atomic E-state index is 12.2. The summed E-state index contributed by atoms with van der Waals surface area (Å²) in [6.07, 6.45) is 2.51. The summed E-state index contributed by atoms with van der Waals surface area (Å²) in [5.74, 6) is -0.661. The lowest BCUT2D eigenvalue weighted by Gasteiger charge is -2.21. The lowest BCUT2D eigenvalue weighted by Crippen LogP contribution is -2.36. The third-order valence-electron chi connectivity index (χ3n) is 2.67. The molecule has 0 spiro atoms. The van der Waals surface area contributed by atoms with Gasteiger partial charge in [0.05, 0.1) is 11.7 Å². The standard InChI is InChI=1S/C13H13ClN4O4/c1-13(2,3)17-12(19)10(14)9(7-16-17)22-8-5-4-6-15-11(8)18(20)21/h4-7H,1-3H3. The van der Waals surface area contributed by atoms with Crippen LogP contribution in [0.3, 0.4) is 0 Å². The summed E-state index contributed by atoms with van der Waals surface area (Å²) in [7, 11) is 0. The van der Waals surface area contributed by atoms with Crippen molar-refractivity contribution in [1.82, 2.24) is 14.8 Å². The fourth-order valence-corrected chi connectivity index (χ4v) is 1.85. The Labute approximate surface area is 130 Å². The van der Waals surface area contributed by atoms with Gasteiger partial charge in [-0.25, -0.2) is 4.68 Å². The van der Waals surface area contributed by atoms with E-state index in [1.54, 1.807) is 20.8 Å². The lowest BCUT2D eigenvalue weighted by molar-refractivity contribution is -0.390. The molecule has 0 saturated carbocycles. The molecule has 2 rings (SSSR count). The predicted octanol–water partition coefficient (Wildman–Crippen LogP) is 2.75. The van der Waals surface area contributed by atoms with E-state index in [0.29, 0.717) is 0 Å². The zero-order chi connectivity index (χ0) is 16.5. The largest absolute Gasteiger partial charge is 0.445 e. The van der Waals surface area contributed by atoms with Gasteiger partial charge < -0.3 is 14.9 Å². The number of nitro groups is 1. The summed E-state index contributed by atoms with van der Waals surface area (Å²) >= 11 is 6.00. The van der Waals surface area contributed by atoms with Crippen molar-refractivity contribution in [2.75, 3.05) is 0 Å². The second kappa shape index (κ2) is 5.72. The van der Waals surface area contributed by atoms with Crippen molar-refractivity contribution in [3.63, 3.8) is 0 Å². The summed E-state index contributed by atoms with van der Waals surface area (Å²) in [4.78, 5) is 26.0. The Hall–Kier alpha value is -2.48. The number of halogens is 1. The molecule has 0 fully saturated rings. The molecule has 2 aromatic rings. The number of aromatic nitrogens is 3. The van der Waals surface area contributed by atoms with Gasteiger partial charge >= 0.3 is 5.82 Å². The van der Waals surface area contributed by atoms with Gasteiger partial charge in [0.15, 0.2) is 10.8 Å². The van der Waals surface area contributed by atoms with Crippen molar-refractivity contribution in [1.29, 1.82) is 0 Å². The highest BCUT2D eigenvalue weighted by atomic mass is 35.5. The number of nitrogens with zero attached hydrogens (tertiary/aromatic N) is 4. The Kier molecular flexibility index (Phi) is 4.14. The summed E-state index contributed by atoms with van der Waals surface area (Å²) in [6.45, 7) is 5.39. The van der Waals surface area contributed by atoms with Crippen LogP contribution >= 0.6 is 11.6 Å². The second-order valence-corrected chi connectivity index (χ2v) is 5.77. The van der Waals surface area contributed by atoms with Gasteiger partial charge in [-0.1, -0.05) is 11.6 Å². The van der Waals surface area contributed by atoms with E-state index in [1.165, 1.54) is 29.2 Å². The molecule has 8 nitrogen and oxygen atoms in total. The molecule has 22 heavy (non-hydrogen) atoms. The summed E-state index contributed by atoms with van der Waals surface area (Å²) in [5, 5.41) is 14.7. The van der Waals surface area contributed by atoms with Crippen LogP contribution in [-0.4, -0.2) is 19.7 Å². The third kappa shape index (κ3) is 3.06. The molecule has 0 aliphatic heterocycles. The highest BCUT2D eigenvalue weighted by Gasteiger charge is 2.22. The van der Waals surface area contributed by atoms with Crippen LogP contribution in [0.5, 0.6) is 11.5 Å². The monoisotopic (exact) mass is 324 g/mol. The smallest absolute Gasteiger partial charge is 0.406 e. The maximum Gasteiger partial charge on any atom is 0.406 e. The minimum absolute atomic E-state index is 0.0664. The number of pyridine rings is 1. The predicted molar refractivity (Wildman–Crippen MR) is 79.5 cm³/mol. The van der Waals surface area contributed by atoms with Crippen LogP contribution < -0.4 is 10.3 Å². The normalized spacial score (nSPS) is 11.3. The molecule has 0 unspecified atom stereocenters. The van der Waals surface area contributed by atoms with Gasteiger partial charge in [0.1, 0.15) is 6.20 Å². The van der Waals surface area contributed by atoms with Crippen molar-refractivity contribution in [2.45, 2.75) is 26.3 Å². The van der Waals surface area contributed by atoms with E-state index in [-0.39, 0.29) is 16.5 Å². The summed E-state index contributed by atoms with van der Waals surface area (Å²) < 4.78 is 6.55. The molecule has 2 heterocycles. The van der Waals surface area contributed by atoms with Crippen LogP contribution in [0.25, 0.3) is 0 Å². The first-order valence-corrected chi connectivity index (χ1v) is 6.65. The molecule has 0 amide bonds. The van der Waals surface area contributed by atoms with Crippen LogP contribution in [0, 0.1) is 10.1 Å². The van der Waals surface area contributed by atoms with Gasteiger partial charge in [-0.3, -0.25) is 4.79 Å². The highest BCUT2D eigenvalue weighted by Crippen LogP contribution is 2.31. The van der Waals surface area contributed by atoms with Crippen molar-refractivity contribution in [2.24, 2.45) is 0 Å². The minimum Gasteiger partial charge on any atom is -0.445 e. The minimum atomic E-state index is -0.687. The molecule has 0 aliphatic carbocycles. The van der Waals surface area contributed by atoms with E-state index < -0.39 is 21.8 Å². The van der Waals surface area contributed by atoms with E-state index in [2.05, 4.69) is 10.1 Å². The SMILES string of the molecule is CC(C)(C)n1ncc(Oc2cccnc2[N+](=O)[O-])c(Cl)c1=O. The van der Waals surface area contributed by atoms with E-state index in [0.717, 1.165) is 0 Å². The molecule has 0 atom stereocenters. The molecular weight excluding hydrogens is 312 g/mol. The Balaban J connectivity index is 2.47. The molecule has 0 saturated heterocycles. The fourth-order valence-electron chi connectivity index (χ4n) is 1.68. The molecule has 2 aromatic heterocycles. The molecule has 0 radical (unpaired) electrons. The van der Waals surface area contributed by atoms with Gasteiger partial charge in [-0.2, -0.15) is 5.10 Å². The van der Waals surface area contributed by atoms with Crippen LogP contribution in [0.15, 0.2) is 29.3 Å². The van der Waals surface area contributed by atoms with Crippen LogP contribution in [0.4, 0.5) is 5.82 Å². The van der Waals surface area contributed by atoms with E-state index in [1.807, 2.05) is 0 Å². The average molecular weight is 325 g/mol. The highest BCUT2D eigenvalue weighted by molar-refractivity contribution is 6.31. The lowest BCUT2D eigenvalue weighted by atomic mass is 10.1. The molecule has 116 valence electrons. The first kappa shape index (κ1) is 15.9. The topological polar surface area (TPSA) is 100 Å². The molecule has 0 aromatic carbocycles. The third-order valence-corrected chi connectivity index (χ3v) is 3.01. The van der Waals surface area contributed by atoms with Gasteiger partial charge in [0.25, 0.3) is 5.56 Å². The molecule has 0 N–H and O–H groups in total. The molecule has 0 aliphatic rings. The Morgan fingerprint density at radius 3 is 2.64 bits per heavy atom.